The van der Waals surface area contributed by atoms with E-state index in [1.165, 1.54) is 0 Å². The average molecular weight is 270 g/mol. The Balaban J connectivity index is 2.22. The SMILES string of the molecule is Cc1cc(Cl)c(NC(C)c2ccco2)cc1Cl. The van der Waals surface area contributed by atoms with Gasteiger partial charge < -0.3 is 9.73 Å². The van der Waals surface area contributed by atoms with Crippen LogP contribution in [0, 0.1) is 6.92 Å². The molecular formula is C13H13Cl2NO. The van der Waals surface area contributed by atoms with Crippen LogP contribution in [0.5, 0.6) is 0 Å². The van der Waals surface area contributed by atoms with Crippen molar-refractivity contribution in [2.45, 2.75) is 19.9 Å². The Morgan fingerprint density at radius 1 is 1.24 bits per heavy atom. The minimum atomic E-state index is 0.0428. The summed E-state index contributed by atoms with van der Waals surface area (Å²) in [6.45, 7) is 3.93. The molecule has 2 nitrogen and oxygen atoms in total. The maximum Gasteiger partial charge on any atom is 0.125 e. The van der Waals surface area contributed by atoms with Crippen LogP contribution in [0.15, 0.2) is 34.9 Å². The fourth-order valence-corrected chi connectivity index (χ4v) is 2.04. The lowest BCUT2D eigenvalue weighted by Gasteiger charge is -2.15. The first kappa shape index (κ1) is 12.3. The summed E-state index contributed by atoms with van der Waals surface area (Å²) in [4.78, 5) is 0. The molecule has 1 aromatic heterocycles. The third-order valence-corrected chi connectivity index (χ3v) is 3.31. The zero-order chi connectivity index (χ0) is 12.4. The molecule has 0 fully saturated rings. The zero-order valence-electron chi connectivity index (χ0n) is 9.63. The monoisotopic (exact) mass is 269 g/mol. The Hall–Kier alpha value is -1.12. The third-order valence-electron chi connectivity index (χ3n) is 2.59. The minimum Gasteiger partial charge on any atom is -0.467 e. The quantitative estimate of drug-likeness (QED) is 0.842. The molecule has 0 saturated heterocycles. The highest BCUT2D eigenvalue weighted by Gasteiger charge is 2.11. The number of rotatable bonds is 3. The molecule has 1 unspecified atom stereocenters. The van der Waals surface area contributed by atoms with Crippen molar-refractivity contribution < 1.29 is 4.42 Å². The van der Waals surface area contributed by atoms with E-state index in [2.05, 4.69) is 5.32 Å². The highest BCUT2D eigenvalue weighted by atomic mass is 35.5. The maximum absolute atomic E-state index is 6.16. The van der Waals surface area contributed by atoms with Crippen molar-refractivity contribution in [1.29, 1.82) is 0 Å². The fourth-order valence-electron chi connectivity index (χ4n) is 1.60. The predicted molar refractivity (Wildman–Crippen MR) is 71.9 cm³/mol. The molecule has 1 atom stereocenters. The Bertz CT molecular complexity index is 508. The summed E-state index contributed by atoms with van der Waals surface area (Å²) in [6, 6.07) is 7.50. The summed E-state index contributed by atoms with van der Waals surface area (Å²) >= 11 is 12.2. The maximum atomic E-state index is 6.16. The topological polar surface area (TPSA) is 25.2 Å². The van der Waals surface area contributed by atoms with Gasteiger partial charge in [-0.05, 0) is 43.7 Å². The van der Waals surface area contributed by atoms with Crippen molar-refractivity contribution in [2.75, 3.05) is 5.32 Å². The molecule has 0 aliphatic rings. The van der Waals surface area contributed by atoms with Gasteiger partial charge in [-0.1, -0.05) is 23.2 Å². The Morgan fingerprint density at radius 3 is 2.65 bits per heavy atom. The molecular weight excluding hydrogens is 257 g/mol. The van der Waals surface area contributed by atoms with Crippen LogP contribution in [-0.4, -0.2) is 0 Å². The predicted octanol–water partition coefficient (Wildman–Crippen LogP) is 5.07. The van der Waals surface area contributed by atoms with E-state index in [0.717, 1.165) is 17.0 Å². The van der Waals surface area contributed by atoms with Gasteiger partial charge in [0.25, 0.3) is 0 Å². The fraction of sp³-hybridized carbons (Fsp3) is 0.231. The highest BCUT2D eigenvalue weighted by molar-refractivity contribution is 6.35. The number of halogens is 2. The second-order valence-electron chi connectivity index (χ2n) is 3.96. The van der Waals surface area contributed by atoms with Crippen LogP contribution in [0.2, 0.25) is 10.0 Å². The molecule has 2 rings (SSSR count). The van der Waals surface area contributed by atoms with Gasteiger partial charge in [-0.15, -0.1) is 0 Å². The van der Waals surface area contributed by atoms with Gasteiger partial charge in [0.1, 0.15) is 5.76 Å². The first-order valence-corrected chi connectivity index (χ1v) is 6.09. The summed E-state index contributed by atoms with van der Waals surface area (Å²) in [5, 5.41) is 4.63. The van der Waals surface area contributed by atoms with Gasteiger partial charge >= 0.3 is 0 Å². The van der Waals surface area contributed by atoms with Crippen LogP contribution in [0.3, 0.4) is 0 Å². The average Bonchev–Trinajstić information content (AvgIpc) is 2.79. The van der Waals surface area contributed by atoms with Crippen LogP contribution >= 0.6 is 23.2 Å². The van der Waals surface area contributed by atoms with Crippen molar-refractivity contribution in [2.24, 2.45) is 0 Å². The Morgan fingerprint density at radius 2 is 2.00 bits per heavy atom. The van der Waals surface area contributed by atoms with Crippen molar-refractivity contribution in [3.8, 4) is 0 Å². The summed E-state index contributed by atoms with van der Waals surface area (Å²) in [5.74, 6) is 0.859. The molecule has 2 aromatic rings. The molecule has 1 heterocycles. The van der Waals surface area contributed by atoms with Crippen molar-refractivity contribution in [3.05, 3.63) is 51.9 Å². The molecule has 0 radical (unpaired) electrons. The van der Waals surface area contributed by atoms with Crippen LogP contribution in [-0.2, 0) is 0 Å². The van der Waals surface area contributed by atoms with Gasteiger partial charge in [-0.2, -0.15) is 0 Å². The van der Waals surface area contributed by atoms with Crippen LogP contribution in [0.4, 0.5) is 5.69 Å². The molecule has 4 heteroatoms. The summed E-state index contributed by atoms with van der Waals surface area (Å²) in [7, 11) is 0. The number of hydrogen-bond acceptors (Lipinski definition) is 2. The zero-order valence-corrected chi connectivity index (χ0v) is 11.1. The molecule has 1 N–H and O–H groups in total. The smallest absolute Gasteiger partial charge is 0.125 e. The molecule has 1 aromatic carbocycles. The Labute approximate surface area is 111 Å². The van der Waals surface area contributed by atoms with Gasteiger partial charge in [0.15, 0.2) is 0 Å². The molecule has 0 amide bonds. The van der Waals surface area contributed by atoms with Crippen LogP contribution in [0.25, 0.3) is 0 Å². The van der Waals surface area contributed by atoms with Crippen molar-refractivity contribution >= 4 is 28.9 Å². The van der Waals surface area contributed by atoms with E-state index >= 15 is 0 Å². The molecule has 0 spiro atoms. The van der Waals surface area contributed by atoms with E-state index in [9.17, 15) is 0 Å². The highest BCUT2D eigenvalue weighted by Crippen LogP contribution is 2.31. The minimum absolute atomic E-state index is 0.0428. The van der Waals surface area contributed by atoms with Gasteiger partial charge in [-0.3, -0.25) is 0 Å². The van der Waals surface area contributed by atoms with Crippen molar-refractivity contribution in [3.63, 3.8) is 0 Å². The standard InChI is InChI=1S/C13H13Cl2NO/c1-8-6-11(15)12(7-10(8)14)16-9(2)13-4-3-5-17-13/h3-7,9,16H,1-2H3. The van der Waals surface area contributed by atoms with Gasteiger partial charge in [0.05, 0.1) is 23.0 Å². The van der Waals surface area contributed by atoms with E-state index in [-0.39, 0.29) is 6.04 Å². The Kier molecular flexibility index (Phi) is 3.65. The number of benzene rings is 1. The third kappa shape index (κ3) is 2.76. The first-order chi connectivity index (χ1) is 8.08. The van der Waals surface area contributed by atoms with Crippen molar-refractivity contribution in [1.82, 2.24) is 0 Å². The number of nitrogens with one attached hydrogen (secondary N) is 1. The summed E-state index contributed by atoms with van der Waals surface area (Å²) < 4.78 is 5.32. The molecule has 0 saturated carbocycles. The number of hydrogen-bond donors (Lipinski definition) is 1. The summed E-state index contributed by atoms with van der Waals surface area (Å²) in [6.07, 6.45) is 1.65. The van der Waals surface area contributed by atoms with Crippen LogP contribution < -0.4 is 5.32 Å². The lowest BCUT2D eigenvalue weighted by atomic mass is 10.2. The molecule has 0 aliphatic heterocycles. The molecule has 0 aliphatic carbocycles. The normalized spacial score (nSPS) is 12.5. The molecule has 90 valence electrons. The van der Waals surface area contributed by atoms with E-state index in [1.807, 2.05) is 38.1 Å². The van der Waals surface area contributed by atoms with E-state index in [0.29, 0.717) is 10.0 Å². The lowest BCUT2D eigenvalue weighted by molar-refractivity contribution is 0.490. The van der Waals surface area contributed by atoms with Gasteiger partial charge in [0.2, 0.25) is 0 Å². The second-order valence-corrected chi connectivity index (χ2v) is 4.78. The summed E-state index contributed by atoms with van der Waals surface area (Å²) in [5.41, 5.74) is 1.78. The number of anilines is 1. The van der Waals surface area contributed by atoms with Crippen LogP contribution in [0.1, 0.15) is 24.3 Å². The lowest BCUT2D eigenvalue weighted by Crippen LogP contribution is -2.06. The van der Waals surface area contributed by atoms with E-state index in [1.54, 1.807) is 6.26 Å². The van der Waals surface area contributed by atoms with E-state index in [4.69, 9.17) is 27.6 Å². The molecule has 0 bridgehead atoms. The molecule has 17 heavy (non-hydrogen) atoms. The number of furan rings is 1. The van der Waals surface area contributed by atoms with Gasteiger partial charge in [-0.25, -0.2) is 0 Å². The van der Waals surface area contributed by atoms with E-state index < -0.39 is 0 Å². The number of aryl methyl sites for hydroxylation is 1. The largest absolute Gasteiger partial charge is 0.467 e. The van der Waals surface area contributed by atoms with Gasteiger partial charge in [0, 0.05) is 5.02 Å². The first-order valence-electron chi connectivity index (χ1n) is 5.33. The second kappa shape index (κ2) is 5.03.